The maximum absolute atomic E-state index is 4.50. The predicted octanol–water partition coefficient (Wildman–Crippen LogP) is -11.6. The Kier molecular flexibility index (Phi) is 185. The maximum atomic E-state index is 4.50. The van der Waals surface area contributed by atoms with Gasteiger partial charge in [-0.25, -0.2) is 0 Å². The quantitative estimate of drug-likeness (QED) is 0.119. The molecule has 0 bridgehead atoms. The van der Waals surface area contributed by atoms with E-state index in [1.54, 1.807) is 0 Å². The Morgan fingerprint density at radius 2 is 1.14 bits per heavy atom. The Balaban J connectivity index is -0.00000000333. The third kappa shape index (κ3) is 55.8. The third-order valence-electron chi connectivity index (χ3n) is 0. The summed E-state index contributed by atoms with van der Waals surface area (Å²) in [6, 6.07) is 0. The second kappa shape index (κ2) is 38.5. The molecule has 0 aliphatic heterocycles. The zero-order chi connectivity index (χ0) is 2.71. The van der Waals surface area contributed by atoms with Crippen molar-refractivity contribution in [3.05, 3.63) is 0 Å². The van der Waals surface area contributed by atoms with E-state index in [9.17, 15) is 0 Å². The molecule has 0 heterocycles. The maximum Gasteiger partial charge on any atom is 2.00 e. The van der Waals surface area contributed by atoms with Crippen LogP contribution in [-0.4, -0.2) is 33.6 Å². The van der Waals surface area contributed by atoms with Crippen molar-refractivity contribution in [3.63, 3.8) is 0 Å². The van der Waals surface area contributed by atoms with Crippen molar-refractivity contribution >= 4 is 33.6 Å². The zero-order valence-corrected chi connectivity index (χ0v) is 13.7. The van der Waals surface area contributed by atoms with Crippen LogP contribution in [0.25, 0.3) is 0 Å². The van der Waals surface area contributed by atoms with Crippen LogP contribution >= 0.6 is 0 Å². The smallest absolute Gasteiger partial charge is 1.00 e. The Morgan fingerprint density at radius 1 is 1.14 bits per heavy atom. The van der Waals surface area contributed by atoms with Crippen molar-refractivity contribution in [2.24, 2.45) is 5.73 Å². The van der Waals surface area contributed by atoms with Gasteiger partial charge < -0.3 is 71.9 Å². The van der Waals surface area contributed by atoms with Crippen molar-refractivity contribution in [1.29, 1.82) is 0 Å². The van der Waals surface area contributed by atoms with Gasteiger partial charge in [0.1, 0.15) is 0 Å². The summed E-state index contributed by atoms with van der Waals surface area (Å²) in [5.74, 6) is 0. The molecule has 0 saturated heterocycles. The molecule has 6 heteroatoms. The molecule has 7 heavy (non-hydrogen) atoms. The van der Waals surface area contributed by atoms with E-state index >= 15 is 0 Å². The number of hydrogen-bond donors (Lipinski definition) is 2. The van der Waals surface area contributed by atoms with E-state index in [4.69, 9.17) is 0 Å². The molecule has 0 saturated carbocycles. The SMILES string of the molecule is NC=[NH2+].[I-].[I-].[I-].[Pb+2]. The van der Waals surface area contributed by atoms with Crippen LogP contribution in [0.1, 0.15) is 0 Å². The predicted molar refractivity (Wildman–Crippen MR) is 17.9 cm³/mol. The molecule has 0 aromatic heterocycles. The first kappa shape index (κ1) is 33.6. The van der Waals surface area contributed by atoms with Gasteiger partial charge in [-0.15, -0.1) is 0 Å². The van der Waals surface area contributed by atoms with Gasteiger partial charge in [0.05, 0.1) is 0 Å². The second-order valence-electron chi connectivity index (χ2n) is 0.192. The molecule has 2 radical (unpaired) electrons. The fraction of sp³-hybridized carbons (Fsp3) is 0. The summed E-state index contributed by atoms with van der Waals surface area (Å²) < 4.78 is 0. The summed E-state index contributed by atoms with van der Waals surface area (Å²) in [6.45, 7) is 0. The summed E-state index contributed by atoms with van der Waals surface area (Å²) in [6.07, 6.45) is 1.00. The minimum absolute atomic E-state index is 0. The summed E-state index contributed by atoms with van der Waals surface area (Å²) >= 11 is 0. The fourth-order valence-corrected chi connectivity index (χ4v) is 0. The Hall–Kier alpha value is 2.58. The molecule has 0 aliphatic rings. The molecule has 0 fully saturated rings. The van der Waals surface area contributed by atoms with Gasteiger partial charge in [-0.2, -0.15) is 0 Å². The van der Waals surface area contributed by atoms with Gasteiger partial charge >= 0.3 is 27.3 Å². The van der Waals surface area contributed by atoms with E-state index in [-0.39, 0.29) is 99.2 Å². The van der Waals surface area contributed by atoms with Crippen LogP contribution in [0.4, 0.5) is 0 Å². The average Bonchev–Trinajstić information content (AvgIpc) is 0.918. The van der Waals surface area contributed by atoms with Crippen molar-refractivity contribution < 1.29 is 77.3 Å². The molecule has 0 atom stereocenters. The minimum Gasteiger partial charge on any atom is -1.00 e. The van der Waals surface area contributed by atoms with E-state index < -0.39 is 0 Å². The largest absolute Gasteiger partial charge is 2.00 e. The van der Waals surface area contributed by atoms with Crippen molar-refractivity contribution in [1.82, 2.24) is 0 Å². The van der Waals surface area contributed by atoms with Gasteiger partial charge in [0.25, 0.3) is 0 Å². The topological polar surface area (TPSA) is 51.6 Å². The summed E-state index contributed by atoms with van der Waals surface area (Å²) in [5.41, 5.74) is 4.50. The van der Waals surface area contributed by atoms with Crippen molar-refractivity contribution in [3.8, 4) is 0 Å². The first-order chi connectivity index (χ1) is 1.41. The van der Waals surface area contributed by atoms with E-state index in [1.807, 2.05) is 0 Å². The van der Waals surface area contributed by atoms with Crippen LogP contribution in [0, 0.1) is 0 Å². The van der Waals surface area contributed by atoms with Gasteiger partial charge in [0.2, 0.25) is 6.34 Å². The second-order valence-corrected chi connectivity index (χ2v) is 0.192. The van der Waals surface area contributed by atoms with E-state index in [1.165, 1.54) is 0 Å². The molecule has 4 N–H and O–H groups in total. The molecular weight excluding hydrogens is 628 g/mol. The zero-order valence-electron chi connectivity index (χ0n) is 3.37. The number of rotatable bonds is 0. The van der Waals surface area contributed by atoms with Crippen LogP contribution in [-0.2, 0) is 0 Å². The average molecular weight is 633 g/mol. The molecule has 2 nitrogen and oxygen atoms in total. The Bertz CT molecular complexity index is 20.4. The molecule has 0 amide bonds. The molecule has 0 rings (SSSR count). The number of halogens is 3. The molecule has 0 aromatic carbocycles. The van der Waals surface area contributed by atoms with Crippen LogP contribution < -0.4 is 83.1 Å². The van der Waals surface area contributed by atoms with E-state index in [0.29, 0.717) is 0 Å². The fourth-order valence-electron chi connectivity index (χ4n) is 0. The van der Waals surface area contributed by atoms with Crippen LogP contribution in [0.5, 0.6) is 0 Å². The van der Waals surface area contributed by atoms with Crippen LogP contribution in [0.3, 0.4) is 0 Å². The van der Waals surface area contributed by atoms with Gasteiger partial charge in [-0.1, -0.05) is 0 Å². The molecule has 0 aromatic rings. The van der Waals surface area contributed by atoms with E-state index in [2.05, 4.69) is 11.1 Å². The molecule has 44 valence electrons. The van der Waals surface area contributed by atoms with Gasteiger partial charge in [-0.05, 0) is 0 Å². The summed E-state index contributed by atoms with van der Waals surface area (Å²) in [4.78, 5) is 0. The first-order valence-electron chi connectivity index (χ1n) is 0.667. The Morgan fingerprint density at radius 3 is 1.14 bits per heavy atom. The molecule has 0 unspecified atom stereocenters. The van der Waals surface area contributed by atoms with Gasteiger partial charge in [0.15, 0.2) is 0 Å². The number of nitrogens with two attached hydrogens (primary N) is 2. The van der Waals surface area contributed by atoms with Gasteiger partial charge in [-0.3, -0.25) is 11.1 Å². The van der Waals surface area contributed by atoms with Crippen LogP contribution in [0.2, 0.25) is 0 Å². The van der Waals surface area contributed by atoms with Crippen LogP contribution in [0.15, 0.2) is 0 Å². The summed E-state index contributed by atoms with van der Waals surface area (Å²) in [5, 5.41) is 4.50. The summed E-state index contributed by atoms with van der Waals surface area (Å²) in [7, 11) is 0. The molecular formula is CH5I3N2Pb. The monoisotopic (exact) mass is 634 g/mol. The van der Waals surface area contributed by atoms with Gasteiger partial charge in [0, 0.05) is 0 Å². The van der Waals surface area contributed by atoms with Crippen molar-refractivity contribution in [2.45, 2.75) is 0 Å². The van der Waals surface area contributed by atoms with Crippen molar-refractivity contribution in [2.75, 3.05) is 0 Å². The first-order valence-corrected chi connectivity index (χ1v) is 0.667. The minimum atomic E-state index is 0. The molecule has 0 spiro atoms. The Labute approximate surface area is 114 Å². The normalized spacial score (nSPS) is 1.71. The third-order valence-corrected chi connectivity index (χ3v) is 0. The standard InChI is InChI=1S/CH4N2.3HI.Pb/c2-1-3;;;;/h1H,(H3,2,3);3*1H;/q;;;;+2/p-2. The number of hydrogen-bond acceptors (Lipinski definition) is 0. The molecule has 0 aliphatic carbocycles. The van der Waals surface area contributed by atoms with E-state index in [0.717, 1.165) is 6.34 Å².